The molecule has 6 heteroatoms. The standard InChI is InChI=1S/C13H15NO5/c1-3-4-9(2)12(15)19-13(16)10-5-7-11(8-6-10)14(17)18/h5-9H,3-4H2,1-2H3. The van der Waals surface area contributed by atoms with E-state index in [0.29, 0.717) is 6.42 Å². The first-order valence-corrected chi connectivity index (χ1v) is 5.96. The van der Waals surface area contributed by atoms with Crippen molar-refractivity contribution in [3.05, 3.63) is 39.9 Å². The third-order valence-corrected chi connectivity index (χ3v) is 2.63. The van der Waals surface area contributed by atoms with Crippen molar-refractivity contribution in [3.63, 3.8) is 0 Å². The summed E-state index contributed by atoms with van der Waals surface area (Å²) in [6.07, 6.45) is 1.47. The third-order valence-electron chi connectivity index (χ3n) is 2.63. The van der Waals surface area contributed by atoms with Crippen LogP contribution < -0.4 is 0 Å². The zero-order valence-electron chi connectivity index (χ0n) is 10.8. The minimum absolute atomic E-state index is 0.114. The Morgan fingerprint density at radius 1 is 1.32 bits per heavy atom. The molecule has 0 aliphatic rings. The van der Waals surface area contributed by atoms with E-state index < -0.39 is 16.9 Å². The Morgan fingerprint density at radius 2 is 1.89 bits per heavy atom. The lowest BCUT2D eigenvalue weighted by atomic mass is 10.1. The summed E-state index contributed by atoms with van der Waals surface area (Å²) < 4.78 is 4.70. The second kappa shape index (κ2) is 6.63. The first-order valence-electron chi connectivity index (χ1n) is 5.96. The van der Waals surface area contributed by atoms with E-state index >= 15 is 0 Å². The summed E-state index contributed by atoms with van der Waals surface area (Å²) >= 11 is 0. The second-order valence-corrected chi connectivity index (χ2v) is 4.20. The van der Waals surface area contributed by atoms with Crippen LogP contribution in [-0.4, -0.2) is 16.9 Å². The van der Waals surface area contributed by atoms with E-state index in [-0.39, 0.29) is 17.2 Å². The van der Waals surface area contributed by atoms with Crippen LogP contribution in [0.4, 0.5) is 5.69 Å². The molecule has 0 aliphatic carbocycles. The fourth-order valence-corrected chi connectivity index (χ4v) is 1.52. The van der Waals surface area contributed by atoms with Crippen molar-refractivity contribution in [2.24, 2.45) is 5.92 Å². The summed E-state index contributed by atoms with van der Waals surface area (Å²) in [4.78, 5) is 33.1. The highest BCUT2D eigenvalue weighted by Gasteiger charge is 2.19. The average Bonchev–Trinajstić information content (AvgIpc) is 2.38. The molecule has 0 fully saturated rings. The maximum atomic E-state index is 11.6. The summed E-state index contributed by atoms with van der Waals surface area (Å²) in [6.45, 7) is 3.62. The number of nitro benzene ring substituents is 1. The highest BCUT2D eigenvalue weighted by atomic mass is 16.6. The molecule has 0 heterocycles. The Bertz CT molecular complexity index is 480. The highest BCUT2D eigenvalue weighted by molar-refractivity contribution is 5.97. The lowest BCUT2D eigenvalue weighted by molar-refractivity contribution is -0.384. The molecule has 0 bridgehead atoms. The Labute approximate surface area is 110 Å². The molecule has 0 aliphatic heterocycles. The molecule has 1 aromatic rings. The van der Waals surface area contributed by atoms with Gasteiger partial charge in [-0.15, -0.1) is 0 Å². The van der Waals surface area contributed by atoms with E-state index in [0.717, 1.165) is 6.42 Å². The van der Waals surface area contributed by atoms with Gasteiger partial charge in [0.15, 0.2) is 0 Å². The second-order valence-electron chi connectivity index (χ2n) is 4.20. The Kier molecular flexibility index (Phi) is 5.17. The molecule has 0 saturated carbocycles. The van der Waals surface area contributed by atoms with E-state index in [1.807, 2.05) is 6.92 Å². The lowest BCUT2D eigenvalue weighted by Gasteiger charge is -2.08. The molecule has 0 N–H and O–H groups in total. The average molecular weight is 265 g/mol. The van der Waals surface area contributed by atoms with Crippen LogP contribution in [0.3, 0.4) is 0 Å². The number of hydrogen-bond donors (Lipinski definition) is 0. The molecule has 0 spiro atoms. The molecule has 1 aromatic carbocycles. The molecule has 0 amide bonds. The van der Waals surface area contributed by atoms with Gasteiger partial charge in [-0.25, -0.2) is 4.79 Å². The van der Waals surface area contributed by atoms with Gasteiger partial charge >= 0.3 is 11.9 Å². The van der Waals surface area contributed by atoms with Gasteiger partial charge < -0.3 is 4.74 Å². The van der Waals surface area contributed by atoms with Crippen molar-refractivity contribution in [3.8, 4) is 0 Å². The van der Waals surface area contributed by atoms with Gasteiger partial charge in [0.25, 0.3) is 5.69 Å². The van der Waals surface area contributed by atoms with Gasteiger partial charge in [0, 0.05) is 12.1 Å². The third kappa shape index (κ3) is 4.17. The predicted molar refractivity (Wildman–Crippen MR) is 67.6 cm³/mol. The van der Waals surface area contributed by atoms with Crippen LogP contribution in [0.2, 0.25) is 0 Å². The normalized spacial score (nSPS) is 11.7. The number of rotatable bonds is 5. The summed E-state index contributed by atoms with van der Waals surface area (Å²) in [5.41, 5.74) is -0.00937. The smallest absolute Gasteiger partial charge is 0.345 e. The quantitative estimate of drug-likeness (QED) is 0.353. The molecule has 0 radical (unpaired) electrons. The molecule has 6 nitrogen and oxygen atoms in total. The Hall–Kier alpha value is -2.24. The van der Waals surface area contributed by atoms with Gasteiger partial charge in [0.05, 0.1) is 16.4 Å². The Balaban J connectivity index is 2.68. The van der Waals surface area contributed by atoms with Gasteiger partial charge in [-0.2, -0.15) is 0 Å². The minimum Gasteiger partial charge on any atom is -0.389 e. The van der Waals surface area contributed by atoms with Crippen LogP contribution in [0.5, 0.6) is 0 Å². The van der Waals surface area contributed by atoms with Gasteiger partial charge in [-0.3, -0.25) is 14.9 Å². The molecule has 102 valence electrons. The van der Waals surface area contributed by atoms with Crippen molar-refractivity contribution in [2.75, 3.05) is 0 Å². The van der Waals surface area contributed by atoms with Crippen molar-refractivity contribution in [1.82, 2.24) is 0 Å². The number of non-ortho nitro benzene ring substituents is 1. The topological polar surface area (TPSA) is 86.5 Å². The van der Waals surface area contributed by atoms with E-state index in [1.165, 1.54) is 24.3 Å². The Morgan fingerprint density at radius 3 is 2.37 bits per heavy atom. The summed E-state index contributed by atoms with van der Waals surface area (Å²) in [6, 6.07) is 4.91. The number of nitro groups is 1. The van der Waals surface area contributed by atoms with Crippen LogP contribution in [0.1, 0.15) is 37.0 Å². The summed E-state index contributed by atoms with van der Waals surface area (Å²) in [5, 5.41) is 10.5. The van der Waals surface area contributed by atoms with E-state index in [1.54, 1.807) is 6.92 Å². The number of benzene rings is 1. The molecule has 0 aromatic heterocycles. The molecule has 1 atom stereocenters. The van der Waals surface area contributed by atoms with Crippen LogP contribution in [-0.2, 0) is 9.53 Å². The first-order chi connectivity index (χ1) is 8.95. The van der Waals surface area contributed by atoms with E-state index in [2.05, 4.69) is 0 Å². The molecule has 1 unspecified atom stereocenters. The van der Waals surface area contributed by atoms with Gasteiger partial charge in [-0.1, -0.05) is 20.3 Å². The molecular formula is C13H15NO5. The van der Waals surface area contributed by atoms with Crippen molar-refractivity contribution >= 4 is 17.6 Å². The predicted octanol–water partition coefficient (Wildman–Crippen LogP) is 2.71. The van der Waals surface area contributed by atoms with Crippen LogP contribution in [0.25, 0.3) is 0 Å². The van der Waals surface area contributed by atoms with Crippen molar-refractivity contribution in [2.45, 2.75) is 26.7 Å². The molecule has 1 rings (SSSR count). The number of carbonyl (C=O) groups excluding carboxylic acids is 2. The van der Waals surface area contributed by atoms with Crippen LogP contribution in [0.15, 0.2) is 24.3 Å². The number of nitrogens with zero attached hydrogens (tertiary/aromatic N) is 1. The SMILES string of the molecule is CCCC(C)C(=O)OC(=O)c1ccc([N+](=O)[O-])cc1. The monoisotopic (exact) mass is 265 g/mol. The highest BCUT2D eigenvalue weighted by Crippen LogP contribution is 2.14. The molecular weight excluding hydrogens is 250 g/mol. The van der Waals surface area contributed by atoms with E-state index in [4.69, 9.17) is 4.74 Å². The zero-order chi connectivity index (χ0) is 14.4. The summed E-state index contributed by atoms with van der Waals surface area (Å²) in [5.74, 6) is -1.71. The maximum Gasteiger partial charge on any atom is 0.345 e. The van der Waals surface area contributed by atoms with Crippen LogP contribution >= 0.6 is 0 Å². The number of carbonyl (C=O) groups is 2. The largest absolute Gasteiger partial charge is 0.389 e. The summed E-state index contributed by atoms with van der Waals surface area (Å²) in [7, 11) is 0. The maximum absolute atomic E-state index is 11.6. The zero-order valence-corrected chi connectivity index (χ0v) is 10.8. The van der Waals surface area contributed by atoms with Crippen molar-refractivity contribution < 1.29 is 19.2 Å². The van der Waals surface area contributed by atoms with Crippen molar-refractivity contribution in [1.29, 1.82) is 0 Å². The number of esters is 2. The fourth-order valence-electron chi connectivity index (χ4n) is 1.52. The number of ether oxygens (including phenoxy) is 1. The van der Waals surface area contributed by atoms with Crippen LogP contribution in [0, 0.1) is 16.0 Å². The van der Waals surface area contributed by atoms with Gasteiger partial charge in [0.1, 0.15) is 0 Å². The fraction of sp³-hybridized carbons (Fsp3) is 0.385. The minimum atomic E-state index is -0.789. The van der Waals surface area contributed by atoms with Gasteiger partial charge in [-0.05, 0) is 18.6 Å². The molecule has 19 heavy (non-hydrogen) atoms. The first kappa shape index (κ1) is 14.8. The van der Waals surface area contributed by atoms with Gasteiger partial charge in [0.2, 0.25) is 0 Å². The number of hydrogen-bond acceptors (Lipinski definition) is 5. The molecule has 0 saturated heterocycles. The lowest BCUT2D eigenvalue weighted by Crippen LogP contribution is -2.19. The van der Waals surface area contributed by atoms with E-state index in [9.17, 15) is 19.7 Å².